The minimum absolute atomic E-state index is 0.131. The molecule has 0 spiro atoms. The van der Waals surface area contributed by atoms with Gasteiger partial charge in [0, 0.05) is 19.2 Å². The summed E-state index contributed by atoms with van der Waals surface area (Å²) in [5, 5.41) is 9.06. The number of nitrogens with zero attached hydrogens (tertiary/aromatic N) is 1. The second-order valence-corrected chi connectivity index (χ2v) is 4.71. The zero-order chi connectivity index (χ0) is 12.0. The van der Waals surface area contributed by atoms with Gasteiger partial charge in [-0.2, -0.15) is 0 Å². The van der Waals surface area contributed by atoms with Crippen LogP contribution in [0, 0.1) is 5.92 Å². The minimum atomic E-state index is -0.131. The SMILES string of the molecule is COC(=O)CC1CCCCN1CC(C)CO. The molecular formula is C12H23NO3. The Labute approximate surface area is 97.6 Å². The Morgan fingerprint density at radius 2 is 2.31 bits per heavy atom. The molecule has 94 valence electrons. The van der Waals surface area contributed by atoms with E-state index in [1.165, 1.54) is 20.0 Å². The number of ether oxygens (including phenoxy) is 1. The van der Waals surface area contributed by atoms with E-state index in [4.69, 9.17) is 9.84 Å². The first-order valence-electron chi connectivity index (χ1n) is 6.09. The largest absolute Gasteiger partial charge is 0.469 e. The highest BCUT2D eigenvalue weighted by molar-refractivity contribution is 5.69. The van der Waals surface area contributed by atoms with Crippen LogP contribution in [0.1, 0.15) is 32.6 Å². The van der Waals surface area contributed by atoms with Gasteiger partial charge in [-0.1, -0.05) is 13.3 Å². The summed E-state index contributed by atoms with van der Waals surface area (Å²) in [7, 11) is 1.44. The monoisotopic (exact) mass is 229 g/mol. The van der Waals surface area contributed by atoms with Crippen molar-refractivity contribution < 1.29 is 14.6 Å². The summed E-state index contributed by atoms with van der Waals surface area (Å²) in [6.07, 6.45) is 3.92. The van der Waals surface area contributed by atoms with E-state index >= 15 is 0 Å². The van der Waals surface area contributed by atoms with Crippen molar-refractivity contribution in [2.24, 2.45) is 5.92 Å². The van der Waals surface area contributed by atoms with Crippen LogP contribution in [0.3, 0.4) is 0 Å². The third kappa shape index (κ3) is 4.10. The van der Waals surface area contributed by atoms with Crippen molar-refractivity contribution in [1.29, 1.82) is 0 Å². The molecule has 0 radical (unpaired) electrons. The molecule has 1 N–H and O–H groups in total. The lowest BCUT2D eigenvalue weighted by Gasteiger charge is -2.36. The van der Waals surface area contributed by atoms with Gasteiger partial charge in [0.2, 0.25) is 0 Å². The van der Waals surface area contributed by atoms with Crippen LogP contribution in [0.5, 0.6) is 0 Å². The van der Waals surface area contributed by atoms with E-state index < -0.39 is 0 Å². The zero-order valence-electron chi connectivity index (χ0n) is 10.3. The number of esters is 1. The maximum absolute atomic E-state index is 11.3. The Morgan fingerprint density at radius 3 is 2.94 bits per heavy atom. The van der Waals surface area contributed by atoms with E-state index in [9.17, 15) is 4.79 Å². The predicted octanol–water partition coefficient (Wildman–Crippen LogP) is 1.03. The highest BCUT2D eigenvalue weighted by Gasteiger charge is 2.25. The van der Waals surface area contributed by atoms with Gasteiger partial charge < -0.3 is 9.84 Å². The van der Waals surface area contributed by atoms with E-state index in [0.29, 0.717) is 12.5 Å². The molecule has 1 fully saturated rings. The normalized spacial score (nSPS) is 24.1. The van der Waals surface area contributed by atoms with Crippen molar-refractivity contribution in [2.45, 2.75) is 38.6 Å². The molecule has 1 heterocycles. The van der Waals surface area contributed by atoms with E-state index in [-0.39, 0.29) is 18.5 Å². The van der Waals surface area contributed by atoms with Gasteiger partial charge in [-0.05, 0) is 25.3 Å². The van der Waals surface area contributed by atoms with Gasteiger partial charge in [0.05, 0.1) is 13.5 Å². The van der Waals surface area contributed by atoms with Gasteiger partial charge in [-0.25, -0.2) is 0 Å². The van der Waals surface area contributed by atoms with Crippen LogP contribution in [0.15, 0.2) is 0 Å². The molecule has 0 aromatic rings. The highest BCUT2D eigenvalue weighted by Crippen LogP contribution is 2.21. The maximum Gasteiger partial charge on any atom is 0.307 e. The summed E-state index contributed by atoms with van der Waals surface area (Å²) in [5.41, 5.74) is 0. The second-order valence-electron chi connectivity index (χ2n) is 4.71. The molecule has 2 atom stereocenters. The lowest BCUT2D eigenvalue weighted by atomic mass is 9.98. The summed E-state index contributed by atoms with van der Waals surface area (Å²) >= 11 is 0. The average molecular weight is 229 g/mol. The number of carbonyl (C=O) groups excluding carboxylic acids is 1. The number of likely N-dealkylation sites (tertiary alicyclic amines) is 1. The van der Waals surface area contributed by atoms with Crippen molar-refractivity contribution in [3.05, 3.63) is 0 Å². The molecule has 0 aliphatic carbocycles. The molecule has 1 saturated heterocycles. The lowest BCUT2D eigenvalue weighted by Crippen LogP contribution is -2.43. The third-order valence-electron chi connectivity index (χ3n) is 3.24. The molecule has 1 aliphatic heterocycles. The summed E-state index contributed by atoms with van der Waals surface area (Å²) in [6, 6.07) is 0.301. The topological polar surface area (TPSA) is 49.8 Å². The minimum Gasteiger partial charge on any atom is -0.469 e. The summed E-state index contributed by atoms with van der Waals surface area (Å²) in [6.45, 7) is 4.15. The number of carbonyl (C=O) groups is 1. The van der Waals surface area contributed by atoms with Crippen LogP contribution in [0.4, 0.5) is 0 Å². The molecule has 0 aromatic carbocycles. The van der Waals surface area contributed by atoms with Crippen molar-refractivity contribution in [2.75, 3.05) is 26.8 Å². The van der Waals surface area contributed by atoms with Crippen molar-refractivity contribution in [3.8, 4) is 0 Å². The van der Waals surface area contributed by atoms with E-state index in [2.05, 4.69) is 4.90 Å². The van der Waals surface area contributed by atoms with Crippen LogP contribution in [0.25, 0.3) is 0 Å². The van der Waals surface area contributed by atoms with Crippen LogP contribution < -0.4 is 0 Å². The van der Waals surface area contributed by atoms with E-state index in [1.54, 1.807) is 0 Å². The zero-order valence-corrected chi connectivity index (χ0v) is 10.3. The Balaban J connectivity index is 2.46. The number of rotatable bonds is 5. The summed E-state index contributed by atoms with van der Waals surface area (Å²) < 4.78 is 4.72. The summed E-state index contributed by atoms with van der Waals surface area (Å²) in [5.74, 6) is 0.145. The third-order valence-corrected chi connectivity index (χ3v) is 3.24. The van der Waals surface area contributed by atoms with Crippen LogP contribution in [-0.2, 0) is 9.53 Å². The molecule has 2 unspecified atom stereocenters. The molecule has 1 aliphatic rings. The van der Waals surface area contributed by atoms with Gasteiger partial charge >= 0.3 is 5.97 Å². The fraction of sp³-hybridized carbons (Fsp3) is 0.917. The Hall–Kier alpha value is -0.610. The molecule has 0 saturated carbocycles. The van der Waals surface area contributed by atoms with Gasteiger partial charge in [0.15, 0.2) is 0 Å². The number of methoxy groups -OCH3 is 1. The average Bonchev–Trinajstić information content (AvgIpc) is 2.31. The molecule has 1 rings (SSSR count). The first-order valence-corrected chi connectivity index (χ1v) is 6.09. The molecule has 0 aromatic heterocycles. The number of hydrogen-bond donors (Lipinski definition) is 1. The van der Waals surface area contributed by atoms with Gasteiger partial charge in [-0.15, -0.1) is 0 Å². The molecule has 0 bridgehead atoms. The van der Waals surface area contributed by atoms with Crippen LogP contribution >= 0.6 is 0 Å². The molecule has 4 heteroatoms. The van der Waals surface area contributed by atoms with Crippen molar-refractivity contribution in [1.82, 2.24) is 4.90 Å². The smallest absolute Gasteiger partial charge is 0.307 e. The fourth-order valence-electron chi connectivity index (χ4n) is 2.27. The van der Waals surface area contributed by atoms with E-state index in [0.717, 1.165) is 19.5 Å². The standard InChI is InChI=1S/C12H23NO3/c1-10(9-14)8-13-6-4-3-5-11(13)7-12(15)16-2/h10-11,14H,3-9H2,1-2H3. The highest BCUT2D eigenvalue weighted by atomic mass is 16.5. The summed E-state index contributed by atoms with van der Waals surface area (Å²) in [4.78, 5) is 13.6. The number of piperidine rings is 1. The molecular weight excluding hydrogens is 206 g/mol. The van der Waals surface area contributed by atoms with Gasteiger partial charge in [0.1, 0.15) is 0 Å². The Bertz CT molecular complexity index is 220. The van der Waals surface area contributed by atoms with Crippen molar-refractivity contribution >= 4 is 5.97 Å². The lowest BCUT2D eigenvalue weighted by molar-refractivity contribution is -0.142. The van der Waals surface area contributed by atoms with Crippen LogP contribution in [0.2, 0.25) is 0 Å². The number of aliphatic hydroxyl groups is 1. The van der Waals surface area contributed by atoms with Gasteiger partial charge in [-0.3, -0.25) is 9.69 Å². The molecule has 4 nitrogen and oxygen atoms in total. The van der Waals surface area contributed by atoms with E-state index in [1.807, 2.05) is 6.92 Å². The first kappa shape index (κ1) is 13.5. The number of aliphatic hydroxyl groups excluding tert-OH is 1. The van der Waals surface area contributed by atoms with Gasteiger partial charge in [0.25, 0.3) is 0 Å². The Morgan fingerprint density at radius 1 is 1.56 bits per heavy atom. The first-order chi connectivity index (χ1) is 7.67. The quantitative estimate of drug-likeness (QED) is 0.715. The maximum atomic E-state index is 11.3. The fourth-order valence-corrected chi connectivity index (χ4v) is 2.27. The molecule has 0 amide bonds. The number of hydrogen-bond acceptors (Lipinski definition) is 4. The Kier molecular flexibility index (Phi) is 5.77. The van der Waals surface area contributed by atoms with Crippen molar-refractivity contribution in [3.63, 3.8) is 0 Å². The molecule has 16 heavy (non-hydrogen) atoms. The second kappa shape index (κ2) is 6.86. The predicted molar refractivity (Wildman–Crippen MR) is 62.1 cm³/mol. The van der Waals surface area contributed by atoms with Crippen LogP contribution in [-0.4, -0.2) is 48.8 Å².